The number of hydrogen-bond donors (Lipinski definition) is 3. The number of hydrazine groups is 1. The second-order valence-corrected chi connectivity index (χ2v) is 6.88. The van der Waals surface area contributed by atoms with E-state index in [1.54, 1.807) is 42.5 Å². The molecule has 0 saturated carbocycles. The lowest BCUT2D eigenvalue weighted by Gasteiger charge is -2.10. The van der Waals surface area contributed by atoms with Crippen molar-refractivity contribution in [3.05, 3.63) is 58.1 Å². The van der Waals surface area contributed by atoms with Gasteiger partial charge >= 0.3 is 0 Å². The minimum absolute atomic E-state index is 0.129. The number of rotatable bonds is 9. The van der Waals surface area contributed by atoms with Crippen molar-refractivity contribution in [2.45, 2.75) is 12.8 Å². The van der Waals surface area contributed by atoms with Crippen molar-refractivity contribution in [2.24, 2.45) is 0 Å². The number of carbonyl (C=O) groups is 3. The minimum atomic E-state index is -0.561. The van der Waals surface area contributed by atoms with E-state index in [2.05, 4.69) is 16.2 Å². The van der Waals surface area contributed by atoms with Gasteiger partial charge in [-0.3, -0.25) is 25.2 Å². The molecule has 0 aliphatic rings. The van der Waals surface area contributed by atoms with Crippen molar-refractivity contribution < 1.29 is 23.9 Å². The number of nitrogens with one attached hydrogen (secondary N) is 3. The Kier molecular flexibility index (Phi) is 9.24. The Labute approximate surface area is 183 Å². The molecule has 0 aliphatic heterocycles. The molecule has 0 atom stereocenters. The van der Waals surface area contributed by atoms with Crippen molar-refractivity contribution >= 4 is 40.9 Å². The summed E-state index contributed by atoms with van der Waals surface area (Å²) in [6.07, 6.45) is 0.540. The fourth-order valence-electron chi connectivity index (χ4n) is 2.26. The molecule has 0 aliphatic carbocycles. The molecule has 0 spiro atoms. The van der Waals surface area contributed by atoms with Gasteiger partial charge in [0.25, 0.3) is 11.8 Å². The van der Waals surface area contributed by atoms with Crippen molar-refractivity contribution in [1.82, 2.24) is 16.2 Å². The maximum Gasteiger partial charge on any atom is 0.257 e. The minimum Gasteiger partial charge on any atom is -0.497 e. The van der Waals surface area contributed by atoms with Gasteiger partial charge < -0.3 is 14.8 Å². The lowest BCUT2D eigenvalue weighted by Crippen LogP contribution is -2.46. The van der Waals surface area contributed by atoms with Gasteiger partial charge in [0.1, 0.15) is 11.5 Å². The SMILES string of the molecule is COc1ccc(C(=O)NCC(=O)NNC(=O)CCCOc2ccc(Cl)cc2Cl)cc1. The van der Waals surface area contributed by atoms with Gasteiger partial charge in [0.2, 0.25) is 5.91 Å². The van der Waals surface area contributed by atoms with Crippen LogP contribution in [0.5, 0.6) is 11.5 Å². The molecule has 0 unspecified atom stereocenters. The molecule has 30 heavy (non-hydrogen) atoms. The lowest BCUT2D eigenvalue weighted by molar-refractivity contribution is -0.128. The lowest BCUT2D eigenvalue weighted by atomic mass is 10.2. The second-order valence-electron chi connectivity index (χ2n) is 6.03. The third kappa shape index (κ3) is 7.81. The fourth-order valence-corrected chi connectivity index (χ4v) is 2.72. The molecular formula is C20H21Cl2N3O5. The second kappa shape index (κ2) is 11.9. The zero-order valence-corrected chi connectivity index (χ0v) is 17.7. The van der Waals surface area contributed by atoms with Gasteiger partial charge in [0.05, 0.1) is 25.3 Å². The third-order valence-corrected chi connectivity index (χ3v) is 4.33. The van der Waals surface area contributed by atoms with E-state index in [9.17, 15) is 14.4 Å². The molecule has 3 N–H and O–H groups in total. The first-order chi connectivity index (χ1) is 14.4. The summed E-state index contributed by atoms with van der Waals surface area (Å²) in [5, 5.41) is 3.34. The molecule has 0 radical (unpaired) electrons. The Bertz CT molecular complexity index is 891. The van der Waals surface area contributed by atoms with Crippen LogP contribution in [-0.2, 0) is 9.59 Å². The van der Waals surface area contributed by atoms with Gasteiger partial charge in [-0.15, -0.1) is 0 Å². The van der Waals surface area contributed by atoms with Crippen LogP contribution in [0.2, 0.25) is 10.0 Å². The normalized spacial score (nSPS) is 10.1. The van der Waals surface area contributed by atoms with E-state index >= 15 is 0 Å². The number of halogens is 2. The van der Waals surface area contributed by atoms with Crippen molar-refractivity contribution in [2.75, 3.05) is 20.3 Å². The van der Waals surface area contributed by atoms with Crippen LogP contribution >= 0.6 is 23.2 Å². The van der Waals surface area contributed by atoms with Crippen LogP contribution in [0.1, 0.15) is 23.2 Å². The van der Waals surface area contributed by atoms with E-state index in [4.69, 9.17) is 32.7 Å². The average molecular weight is 454 g/mol. The molecule has 3 amide bonds. The van der Waals surface area contributed by atoms with Crippen molar-refractivity contribution in [3.63, 3.8) is 0 Å². The first-order valence-electron chi connectivity index (χ1n) is 8.97. The zero-order valence-electron chi connectivity index (χ0n) is 16.2. The van der Waals surface area contributed by atoms with Crippen LogP contribution in [-0.4, -0.2) is 38.0 Å². The molecule has 2 aromatic rings. The standard InChI is InChI=1S/C20H21Cl2N3O5/c1-29-15-7-4-13(5-8-15)20(28)23-12-19(27)25-24-18(26)3-2-10-30-17-9-6-14(21)11-16(17)22/h4-9,11H,2-3,10,12H2,1H3,(H,23,28)(H,24,26)(H,25,27). The summed E-state index contributed by atoms with van der Waals surface area (Å²) in [6, 6.07) is 11.3. The first-order valence-corrected chi connectivity index (χ1v) is 9.72. The smallest absolute Gasteiger partial charge is 0.257 e. The molecule has 0 heterocycles. The Morgan fingerprint density at radius 2 is 1.67 bits per heavy atom. The third-order valence-electron chi connectivity index (χ3n) is 3.80. The highest BCUT2D eigenvalue weighted by atomic mass is 35.5. The maximum atomic E-state index is 12.0. The van der Waals surface area contributed by atoms with Crippen LogP contribution in [0.4, 0.5) is 0 Å². The van der Waals surface area contributed by atoms with E-state index in [0.717, 1.165) is 0 Å². The van der Waals surface area contributed by atoms with E-state index in [-0.39, 0.29) is 19.6 Å². The molecule has 0 bridgehead atoms. The van der Waals surface area contributed by atoms with Crippen LogP contribution in [0.25, 0.3) is 0 Å². The van der Waals surface area contributed by atoms with E-state index < -0.39 is 17.7 Å². The Balaban J connectivity index is 1.60. The van der Waals surface area contributed by atoms with Crippen LogP contribution in [0.3, 0.4) is 0 Å². The number of ether oxygens (including phenoxy) is 2. The van der Waals surface area contributed by atoms with Crippen LogP contribution < -0.4 is 25.6 Å². The average Bonchev–Trinajstić information content (AvgIpc) is 2.74. The molecule has 8 nitrogen and oxygen atoms in total. The van der Waals surface area contributed by atoms with Gasteiger partial charge in [-0.25, -0.2) is 0 Å². The quantitative estimate of drug-likeness (QED) is 0.399. The number of methoxy groups -OCH3 is 1. The summed E-state index contributed by atoms with van der Waals surface area (Å²) >= 11 is 11.8. The molecule has 10 heteroatoms. The summed E-state index contributed by atoms with van der Waals surface area (Å²) < 4.78 is 10.5. The predicted molar refractivity (Wildman–Crippen MR) is 113 cm³/mol. The van der Waals surface area contributed by atoms with Gasteiger partial charge in [-0.1, -0.05) is 23.2 Å². The van der Waals surface area contributed by atoms with Gasteiger partial charge in [0, 0.05) is 17.0 Å². The first kappa shape index (κ1) is 23.3. The highest BCUT2D eigenvalue weighted by Crippen LogP contribution is 2.27. The molecule has 0 saturated heterocycles. The Hall–Kier alpha value is -2.97. The molecular weight excluding hydrogens is 433 g/mol. The maximum absolute atomic E-state index is 12.0. The van der Waals surface area contributed by atoms with E-state index in [1.807, 2.05) is 0 Å². The summed E-state index contributed by atoms with van der Waals surface area (Å²) in [6.45, 7) is -0.0239. The number of amides is 3. The summed E-state index contributed by atoms with van der Waals surface area (Å²) in [5.41, 5.74) is 4.89. The number of benzene rings is 2. The molecule has 0 fully saturated rings. The topological polar surface area (TPSA) is 106 Å². The highest BCUT2D eigenvalue weighted by Gasteiger charge is 2.09. The fraction of sp³-hybridized carbons (Fsp3) is 0.250. The van der Waals surface area contributed by atoms with E-state index in [0.29, 0.717) is 33.5 Å². The van der Waals surface area contributed by atoms with Crippen LogP contribution in [0.15, 0.2) is 42.5 Å². The summed E-state index contributed by atoms with van der Waals surface area (Å²) in [7, 11) is 1.52. The Morgan fingerprint density at radius 3 is 2.33 bits per heavy atom. The van der Waals surface area contributed by atoms with Gasteiger partial charge in [-0.2, -0.15) is 0 Å². The van der Waals surface area contributed by atoms with Crippen molar-refractivity contribution in [3.8, 4) is 11.5 Å². The van der Waals surface area contributed by atoms with Crippen molar-refractivity contribution in [1.29, 1.82) is 0 Å². The number of carbonyl (C=O) groups excluding carboxylic acids is 3. The Morgan fingerprint density at radius 1 is 0.967 bits per heavy atom. The molecule has 0 aromatic heterocycles. The van der Waals surface area contributed by atoms with Gasteiger partial charge in [0.15, 0.2) is 0 Å². The molecule has 160 valence electrons. The molecule has 2 rings (SSSR count). The summed E-state index contributed by atoms with van der Waals surface area (Å²) in [5.74, 6) is -0.279. The monoisotopic (exact) mass is 453 g/mol. The zero-order chi connectivity index (χ0) is 21.9. The van der Waals surface area contributed by atoms with E-state index in [1.165, 1.54) is 7.11 Å². The largest absolute Gasteiger partial charge is 0.497 e. The molecule has 2 aromatic carbocycles. The number of hydrogen-bond acceptors (Lipinski definition) is 5. The van der Waals surface area contributed by atoms with Gasteiger partial charge in [-0.05, 0) is 48.9 Å². The predicted octanol–water partition coefficient (Wildman–Crippen LogP) is 2.74. The highest BCUT2D eigenvalue weighted by molar-refractivity contribution is 6.35. The van der Waals surface area contributed by atoms with Crippen LogP contribution in [0, 0.1) is 0 Å². The summed E-state index contributed by atoms with van der Waals surface area (Å²) in [4.78, 5) is 35.5.